The van der Waals surface area contributed by atoms with E-state index in [4.69, 9.17) is 4.74 Å². The smallest absolute Gasteiger partial charge is 0.0726 e. The molecule has 0 N–H and O–H groups in total. The fourth-order valence-electron chi connectivity index (χ4n) is 6.49. The zero-order valence-corrected chi connectivity index (χ0v) is 21.3. The van der Waals surface area contributed by atoms with Gasteiger partial charge in [0.1, 0.15) is 0 Å². The largest absolute Gasteiger partial charge is 0.372 e. The Morgan fingerprint density at radius 1 is 0.906 bits per heavy atom. The van der Waals surface area contributed by atoms with Crippen molar-refractivity contribution in [2.45, 2.75) is 83.8 Å². The second-order valence-corrected chi connectivity index (χ2v) is 11.0. The maximum Gasteiger partial charge on any atom is 0.0726 e. The number of piperazine rings is 1. The van der Waals surface area contributed by atoms with Crippen LogP contribution in [0.5, 0.6) is 0 Å². The Bertz CT molecular complexity index is 739. The minimum absolute atomic E-state index is 0. The minimum atomic E-state index is 0. The van der Waals surface area contributed by atoms with Crippen LogP contribution in [0.25, 0.3) is 0 Å². The van der Waals surface area contributed by atoms with Crippen molar-refractivity contribution in [1.29, 1.82) is 0 Å². The van der Waals surface area contributed by atoms with Gasteiger partial charge in [-0.3, -0.25) is 4.90 Å². The molecule has 0 aromatic heterocycles. The third-order valence-electron chi connectivity index (χ3n) is 8.49. The highest BCUT2D eigenvalue weighted by molar-refractivity contribution is 5.85. The summed E-state index contributed by atoms with van der Waals surface area (Å²) in [5, 5.41) is 0. The fourth-order valence-corrected chi connectivity index (χ4v) is 6.49. The predicted molar refractivity (Wildman–Crippen MR) is 138 cm³/mol. The number of rotatable bonds is 5. The number of halogens is 1. The van der Waals surface area contributed by atoms with Gasteiger partial charge in [0.25, 0.3) is 0 Å². The number of hydrogen-bond acceptors (Lipinski definition) is 4. The predicted octanol–water partition coefficient (Wildman–Crippen LogP) is 5.69. The van der Waals surface area contributed by atoms with Crippen molar-refractivity contribution in [3.05, 3.63) is 23.8 Å². The summed E-state index contributed by atoms with van der Waals surface area (Å²) in [5.74, 6) is 0.741. The molecule has 2 saturated heterocycles. The third kappa shape index (κ3) is 5.23. The number of benzene rings is 1. The van der Waals surface area contributed by atoms with Crippen LogP contribution in [0, 0.1) is 5.41 Å². The van der Waals surface area contributed by atoms with Crippen molar-refractivity contribution in [3.8, 4) is 0 Å². The van der Waals surface area contributed by atoms with Crippen molar-refractivity contribution in [2.75, 3.05) is 55.6 Å². The van der Waals surface area contributed by atoms with Gasteiger partial charge in [0.05, 0.1) is 12.2 Å². The molecule has 4 nitrogen and oxygen atoms in total. The van der Waals surface area contributed by atoms with Crippen LogP contribution >= 0.6 is 12.4 Å². The SMILES string of the molecule is CCCN1CCN(c2ccc(N3C[C@@H](C)O[C@@H](C)C3)cc2C2CCC3(CC2)CC3)CC1.Cl. The van der Waals surface area contributed by atoms with Crippen LogP contribution < -0.4 is 9.80 Å². The Hall–Kier alpha value is -0.970. The summed E-state index contributed by atoms with van der Waals surface area (Å²) in [7, 11) is 0. The van der Waals surface area contributed by atoms with Gasteiger partial charge in [-0.2, -0.15) is 0 Å². The summed E-state index contributed by atoms with van der Waals surface area (Å²) in [4.78, 5) is 7.90. The molecule has 180 valence electrons. The molecule has 2 atom stereocenters. The van der Waals surface area contributed by atoms with E-state index in [1.807, 2.05) is 0 Å². The monoisotopic (exact) mass is 461 g/mol. The molecule has 2 aliphatic carbocycles. The molecule has 0 unspecified atom stereocenters. The number of morpholine rings is 1. The molecule has 32 heavy (non-hydrogen) atoms. The molecular formula is C27H44ClN3O. The van der Waals surface area contributed by atoms with Gasteiger partial charge in [-0.1, -0.05) is 6.92 Å². The average Bonchev–Trinajstić information content (AvgIpc) is 3.53. The van der Waals surface area contributed by atoms with E-state index in [0.29, 0.717) is 12.2 Å². The second-order valence-electron chi connectivity index (χ2n) is 11.0. The van der Waals surface area contributed by atoms with Gasteiger partial charge in [0, 0.05) is 50.6 Å². The van der Waals surface area contributed by atoms with E-state index in [1.165, 1.54) is 89.0 Å². The highest BCUT2D eigenvalue weighted by Gasteiger charge is 2.45. The van der Waals surface area contributed by atoms with Gasteiger partial charge in [-0.05, 0) is 100 Å². The van der Waals surface area contributed by atoms with Gasteiger partial charge in [0.15, 0.2) is 0 Å². The Balaban J connectivity index is 0.00000245. The zero-order chi connectivity index (χ0) is 21.4. The van der Waals surface area contributed by atoms with E-state index >= 15 is 0 Å². The van der Waals surface area contributed by atoms with Gasteiger partial charge in [-0.15, -0.1) is 12.4 Å². The molecular weight excluding hydrogens is 418 g/mol. The lowest BCUT2D eigenvalue weighted by Crippen LogP contribution is -2.47. The van der Waals surface area contributed by atoms with Gasteiger partial charge in [0.2, 0.25) is 0 Å². The Labute approximate surface area is 202 Å². The lowest BCUT2D eigenvalue weighted by molar-refractivity contribution is -0.00522. The van der Waals surface area contributed by atoms with Crippen molar-refractivity contribution in [1.82, 2.24) is 4.90 Å². The zero-order valence-electron chi connectivity index (χ0n) is 20.5. The van der Waals surface area contributed by atoms with Crippen LogP contribution in [0.15, 0.2) is 18.2 Å². The maximum absolute atomic E-state index is 6.01. The van der Waals surface area contributed by atoms with Gasteiger partial charge in [-0.25, -0.2) is 0 Å². The first-order chi connectivity index (χ1) is 15.0. The molecule has 4 fully saturated rings. The van der Waals surface area contributed by atoms with Gasteiger partial charge >= 0.3 is 0 Å². The molecule has 0 radical (unpaired) electrons. The summed E-state index contributed by atoms with van der Waals surface area (Å²) < 4.78 is 6.01. The fraction of sp³-hybridized carbons (Fsp3) is 0.778. The van der Waals surface area contributed by atoms with Crippen LogP contribution in [0.3, 0.4) is 0 Å². The highest BCUT2D eigenvalue weighted by Crippen LogP contribution is 2.59. The molecule has 5 heteroatoms. The standard InChI is InChI=1S/C27H43N3O.ClH/c1-4-13-28-14-16-29(17-15-28)26-6-5-24(30-19-21(2)31-22(3)20-30)18-25(26)23-7-9-27(10-8-23)11-12-27;/h5-6,18,21-23H,4,7-17,19-20H2,1-3H3;1H/t21-,22+;. The molecule has 1 spiro atoms. The van der Waals surface area contributed by atoms with Crippen molar-refractivity contribution < 1.29 is 4.74 Å². The minimum Gasteiger partial charge on any atom is -0.372 e. The number of anilines is 2. The number of hydrogen-bond donors (Lipinski definition) is 0. The van der Waals surface area contributed by atoms with Crippen LogP contribution in [0.4, 0.5) is 11.4 Å². The molecule has 5 rings (SSSR count). The van der Waals surface area contributed by atoms with Crippen molar-refractivity contribution in [3.63, 3.8) is 0 Å². The number of nitrogens with zero attached hydrogens (tertiary/aromatic N) is 3. The Kier molecular flexibility index (Phi) is 7.63. The quantitative estimate of drug-likeness (QED) is 0.560. The first kappa shape index (κ1) is 24.2. The van der Waals surface area contributed by atoms with Crippen LogP contribution in [-0.2, 0) is 4.74 Å². The van der Waals surface area contributed by atoms with E-state index in [-0.39, 0.29) is 12.4 Å². The third-order valence-corrected chi connectivity index (χ3v) is 8.49. The van der Waals surface area contributed by atoms with Crippen molar-refractivity contribution in [2.24, 2.45) is 5.41 Å². The normalized spacial score (nSPS) is 28.6. The lowest BCUT2D eigenvalue weighted by Gasteiger charge is -2.40. The summed E-state index contributed by atoms with van der Waals surface area (Å²) in [5.41, 5.74) is 5.35. The summed E-state index contributed by atoms with van der Waals surface area (Å²) in [6.07, 6.45) is 10.6. The van der Waals surface area contributed by atoms with Crippen LogP contribution in [-0.4, -0.2) is 62.9 Å². The Morgan fingerprint density at radius 3 is 2.16 bits per heavy atom. The van der Waals surface area contributed by atoms with E-state index in [1.54, 1.807) is 5.56 Å². The topological polar surface area (TPSA) is 19.0 Å². The van der Waals surface area contributed by atoms with E-state index < -0.39 is 0 Å². The lowest BCUT2D eigenvalue weighted by atomic mass is 9.76. The van der Waals surface area contributed by atoms with E-state index in [9.17, 15) is 0 Å². The van der Waals surface area contributed by atoms with E-state index in [0.717, 1.165) is 24.4 Å². The number of ether oxygens (including phenoxy) is 1. The molecule has 2 saturated carbocycles. The maximum atomic E-state index is 6.01. The summed E-state index contributed by atoms with van der Waals surface area (Å²) >= 11 is 0. The molecule has 1 aromatic carbocycles. The van der Waals surface area contributed by atoms with Gasteiger partial charge < -0.3 is 14.5 Å². The molecule has 2 heterocycles. The van der Waals surface area contributed by atoms with Crippen molar-refractivity contribution >= 4 is 23.8 Å². The highest BCUT2D eigenvalue weighted by atomic mass is 35.5. The molecule has 4 aliphatic rings. The average molecular weight is 462 g/mol. The molecule has 1 aromatic rings. The summed E-state index contributed by atoms with van der Waals surface area (Å²) in [6, 6.07) is 7.44. The molecule has 2 aliphatic heterocycles. The first-order valence-corrected chi connectivity index (χ1v) is 13.1. The molecule has 0 bridgehead atoms. The first-order valence-electron chi connectivity index (χ1n) is 13.1. The second kappa shape index (κ2) is 10.1. The molecule has 0 amide bonds. The summed E-state index contributed by atoms with van der Waals surface area (Å²) in [6.45, 7) is 14.8. The van der Waals surface area contributed by atoms with Crippen LogP contribution in [0.1, 0.15) is 77.2 Å². The van der Waals surface area contributed by atoms with Crippen LogP contribution in [0.2, 0.25) is 0 Å². The Morgan fingerprint density at radius 2 is 1.56 bits per heavy atom. The van der Waals surface area contributed by atoms with E-state index in [2.05, 4.69) is 53.7 Å².